The van der Waals surface area contributed by atoms with E-state index in [9.17, 15) is 4.57 Å². The SMILES string of the molecule is O=[P@]1(Oc2ccccc2)OC(c2ccccc2)(c2ccccc2)[C@@H]2CCCN21. The maximum Gasteiger partial charge on any atom is 0.463 e. The molecule has 5 heteroatoms. The van der Waals surface area contributed by atoms with Crippen molar-refractivity contribution in [3.05, 3.63) is 102 Å². The maximum absolute atomic E-state index is 14.0. The zero-order valence-electron chi connectivity index (χ0n) is 15.5. The van der Waals surface area contributed by atoms with Gasteiger partial charge in [0.05, 0.1) is 6.04 Å². The molecule has 0 aliphatic carbocycles. The summed E-state index contributed by atoms with van der Waals surface area (Å²) in [6.45, 7) is 0.705. The third-order valence-electron chi connectivity index (χ3n) is 5.64. The highest BCUT2D eigenvalue weighted by Gasteiger charge is 2.64. The smallest absolute Gasteiger partial charge is 0.413 e. The van der Waals surface area contributed by atoms with Crippen molar-refractivity contribution in [3.8, 4) is 5.75 Å². The van der Waals surface area contributed by atoms with Crippen molar-refractivity contribution in [1.82, 2.24) is 4.67 Å². The standard InChI is InChI=1S/C23H22NO3P/c25-28(26-21-15-8-3-9-16-21)24-18-10-17-22(24)23(27-28,19-11-4-1-5-12-19)20-13-6-2-7-14-20/h1-9,11-16,22H,10,17-18H2/t22-,28+/m0/s1. The quantitative estimate of drug-likeness (QED) is 0.542. The summed E-state index contributed by atoms with van der Waals surface area (Å²) >= 11 is 0. The third-order valence-corrected chi connectivity index (χ3v) is 7.71. The van der Waals surface area contributed by atoms with Crippen LogP contribution in [0, 0.1) is 0 Å². The van der Waals surface area contributed by atoms with Crippen LogP contribution in [0.2, 0.25) is 0 Å². The van der Waals surface area contributed by atoms with Gasteiger partial charge in [-0.3, -0.25) is 4.52 Å². The van der Waals surface area contributed by atoms with Crippen molar-refractivity contribution in [1.29, 1.82) is 0 Å². The second-order valence-electron chi connectivity index (χ2n) is 7.25. The van der Waals surface area contributed by atoms with E-state index in [2.05, 4.69) is 24.3 Å². The highest BCUT2D eigenvalue weighted by atomic mass is 31.2. The Bertz CT molecular complexity index is 955. The zero-order chi connectivity index (χ0) is 19.0. The highest BCUT2D eigenvalue weighted by molar-refractivity contribution is 7.52. The summed E-state index contributed by atoms with van der Waals surface area (Å²) < 4.78 is 28.6. The first kappa shape index (κ1) is 17.7. The first-order valence-corrected chi connectivity index (χ1v) is 11.2. The normalized spacial score (nSPS) is 26.1. The molecule has 4 nitrogen and oxygen atoms in total. The van der Waals surface area contributed by atoms with Crippen LogP contribution in [0.25, 0.3) is 0 Å². The first-order valence-electron chi connectivity index (χ1n) is 9.66. The van der Waals surface area contributed by atoms with Gasteiger partial charge in [0.2, 0.25) is 0 Å². The van der Waals surface area contributed by atoms with Gasteiger partial charge in [0.25, 0.3) is 0 Å². The molecule has 2 aliphatic heterocycles. The number of rotatable bonds is 4. The molecule has 2 heterocycles. The van der Waals surface area contributed by atoms with Gasteiger partial charge in [0, 0.05) is 6.54 Å². The Hall–Kier alpha value is -2.39. The lowest BCUT2D eigenvalue weighted by atomic mass is 9.79. The molecule has 0 spiro atoms. The number of hydrogen-bond acceptors (Lipinski definition) is 3. The fourth-order valence-corrected chi connectivity index (χ4v) is 6.80. The minimum Gasteiger partial charge on any atom is -0.413 e. The average molecular weight is 391 g/mol. The second kappa shape index (κ2) is 6.89. The van der Waals surface area contributed by atoms with E-state index in [1.807, 2.05) is 71.4 Å². The predicted molar refractivity (Wildman–Crippen MR) is 109 cm³/mol. The molecule has 0 radical (unpaired) electrons. The van der Waals surface area contributed by atoms with E-state index in [1.165, 1.54) is 0 Å². The van der Waals surface area contributed by atoms with Gasteiger partial charge in [-0.25, -0.2) is 4.57 Å². The first-order chi connectivity index (χ1) is 13.7. The Morgan fingerprint density at radius 3 is 1.96 bits per heavy atom. The van der Waals surface area contributed by atoms with E-state index in [4.69, 9.17) is 9.05 Å². The molecule has 0 N–H and O–H groups in total. The summed E-state index contributed by atoms with van der Waals surface area (Å²) in [7, 11) is -3.51. The van der Waals surface area contributed by atoms with Gasteiger partial charge in [-0.1, -0.05) is 78.9 Å². The van der Waals surface area contributed by atoms with E-state index in [-0.39, 0.29) is 6.04 Å². The van der Waals surface area contributed by atoms with Crippen molar-refractivity contribution in [2.24, 2.45) is 0 Å². The van der Waals surface area contributed by atoms with Crippen LogP contribution < -0.4 is 4.52 Å². The fourth-order valence-electron chi connectivity index (χ4n) is 4.47. The van der Waals surface area contributed by atoms with Crippen LogP contribution in [0.3, 0.4) is 0 Å². The number of benzene rings is 3. The maximum atomic E-state index is 14.0. The van der Waals surface area contributed by atoms with Crippen LogP contribution in [-0.2, 0) is 14.7 Å². The average Bonchev–Trinajstić information content (AvgIpc) is 3.33. The molecule has 3 aromatic carbocycles. The van der Waals surface area contributed by atoms with Crippen LogP contribution in [-0.4, -0.2) is 17.3 Å². The van der Waals surface area contributed by atoms with Gasteiger partial charge >= 0.3 is 7.75 Å². The van der Waals surface area contributed by atoms with Gasteiger partial charge < -0.3 is 4.52 Å². The van der Waals surface area contributed by atoms with E-state index >= 15 is 0 Å². The minimum absolute atomic E-state index is 0.0353. The van der Waals surface area contributed by atoms with E-state index < -0.39 is 13.3 Å². The molecule has 2 saturated heterocycles. The number of hydrogen-bond donors (Lipinski definition) is 0. The van der Waals surface area contributed by atoms with Gasteiger partial charge in [-0.2, -0.15) is 4.67 Å². The van der Waals surface area contributed by atoms with Crippen molar-refractivity contribution < 1.29 is 13.6 Å². The molecule has 0 bridgehead atoms. The Labute approximate surface area is 165 Å². The lowest BCUT2D eigenvalue weighted by Gasteiger charge is -2.33. The number of fused-ring (bicyclic) bond motifs is 1. The van der Waals surface area contributed by atoms with Gasteiger partial charge in [0.15, 0.2) is 0 Å². The van der Waals surface area contributed by atoms with Gasteiger partial charge in [-0.15, -0.1) is 0 Å². The molecule has 0 saturated carbocycles. The zero-order valence-corrected chi connectivity index (χ0v) is 16.4. The van der Waals surface area contributed by atoms with Gasteiger partial charge in [0.1, 0.15) is 11.4 Å². The lowest BCUT2D eigenvalue weighted by Crippen LogP contribution is -2.40. The number of nitrogens with zero attached hydrogens (tertiary/aromatic N) is 1. The van der Waals surface area contributed by atoms with E-state index in [0.29, 0.717) is 12.3 Å². The monoisotopic (exact) mass is 391 g/mol. The Balaban J connectivity index is 1.67. The van der Waals surface area contributed by atoms with Gasteiger partial charge in [-0.05, 0) is 36.1 Å². The summed E-state index contributed by atoms with van der Waals surface area (Å²) in [5.74, 6) is 0.563. The molecule has 2 atom stereocenters. The van der Waals surface area contributed by atoms with Crippen LogP contribution in [0.5, 0.6) is 5.75 Å². The summed E-state index contributed by atoms with van der Waals surface area (Å²) in [5.41, 5.74) is 1.20. The summed E-state index contributed by atoms with van der Waals surface area (Å²) in [6, 6.07) is 29.5. The second-order valence-corrected chi connectivity index (χ2v) is 9.07. The molecule has 28 heavy (non-hydrogen) atoms. The molecule has 0 amide bonds. The number of para-hydroxylation sites is 1. The summed E-state index contributed by atoms with van der Waals surface area (Å²) in [4.78, 5) is 0. The van der Waals surface area contributed by atoms with Crippen LogP contribution in [0.4, 0.5) is 0 Å². The molecule has 142 valence electrons. The minimum atomic E-state index is -3.51. The molecule has 2 fully saturated rings. The van der Waals surface area contributed by atoms with Crippen molar-refractivity contribution in [3.63, 3.8) is 0 Å². The third kappa shape index (κ3) is 2.72. The molecular formula is C23H22NO3P. The topological polar surface area (TPSA) is 38.8 Å². The Morgan fingerprint density at radius 2 is 1.39 bits per heavy atom. The van der Waals surface area contributed by atoms with Crippen molar-refractivity contribution in [2.75, 3.05) is 6.54 Å². The largest absolute Gasteiger partial charge is 0.463 e. The summed E-state index contributed by atoms with van der Waals surface area (Å²) in [6.07, 6.45) is 1.88. The van der Waals surface area contributed by atoms with Crippen LogP contribution in [0.15, 0.2) is 91.0 Å². The van der Waals surface area contributed by atoms with E-state index in [0.717, 1.165) is 24.0 Å². The molecule has 3 aromatic rings. The predicted octanol–water partition coefficient (Wildman–Crippen LogP) is 5.61. The lowest BCUT2D eigenvalue weighted by molar-refractivity contribution is 0.0995. The molecule has 5 rings (SSSR count). The molecule has 0 aromatic heterocycles. The van der Waals surface area contributed by atoms with Crippen molar-refractivity contribution >= 4 is 7.75 Å². The van der Waals surface area contributed by atoms with E-state index in [1.54, 1.807) is 0 Å². The van der Waals surface area contributed by atoms with Crippen molar-refractivity contribution in [2.45, 2.75) is 24.5 Å². The summed E-state index contributed by atoms with van der Waals surface area (Å²) in [5, 5.41) is 0. The molecule has 0 unspecified atom stereocenters. The highest BCUT2D eigenvalue weighted by Crippen LogP contribution is 2.69. The fraction of sp³-hybridized carbons (Fsp3) is 0.217. The molecular weight excluding hydrogens is 369 g/mol. The Morgan fingerprint density at radius 1 is 0.857 bits per heavy atom. The molecule has 2 aliphatic rings. The van der Waals surface area contributed by atoms with Crippen LogP contribution >= 0.6 is 7.75 Å². The Kier molecular flexibility index (Phi) is 4.36. The van der Waals surface area contributed by atoms with Crippen LogP contribution in [0.1, 0.15) is 24.0 Å².